The quantitative estimate of drug-likeness (QED) is 0.838. The maximum Gasteiger partial charge on any atom is 0.157 e. The third kappa shape index (κ3) is 2.89. The molecular weight excluding hydrogens is 236 g/mol. The van der Waals surface area contributed by atoms with Crippen LogP contribution in [0, 0.1) is 0 Å². The first kappa shape index (κ1) is 12.6. The van der Waals surface area contributed by atoms with E-state index >= 15 is 0 Å². The van der Waals surface area contributed by atoms with Crippen molar-refractivity contribution in [1.82, 2.24) is 5.32 Å². The Hall–Kier alpha value is 0.170. The summed E-state index contributed by atoms with van der Waals surface area (Å²) < 4.78 is 0.495. The molecule has 4 heteroatoms. The van der Waals surface area contributed by atoms with Crippen molar-refractivity contribution < 1.29 is 0 Å². The van der Waals surface area contributed by atoms with Crippen LogP contribution in [-0.4, -0.2) is 34.0 Å². The molecule has 16 heavy (non-hydrogen) atoms. The van der Waals surface area contributed by atoms with Gasteiger partial charge in [0.05, 0.1) is 6.54 Å². The minimum absolute atomic E-state index is 0.278. The molecule has 0 bridgehead atoms. The molecule has 0 aromatic rings. The van der Waals surface area contributed by atoms with Crippen LogP contribution in [0.25, 0.3) is 0 Å². The zero-order valence-electron chi connectivity index (χ0n) is 10.5. The summed E-state index contributed by atoms with van der Waals surface area (Å²) in [6.45, 7) is 5.57. The van der Waals surface area contributed by atoms with Crippen LogP contribution in [0.5, 0.6) is 0 Å². The molecule has 0 aromatic carbocycles. The molecule has 0 spiro atoms. The second kappa shape index (κ2) is 4.81. The summed E-state index contributed by atoms with van der Waals surface area (Å²) in [6, 6.07) is 0. The molecule has 1 aliphatic carbocycles. The van der Waals surface area contributed by atoms with E-state index in [4.69, 9.17) is 4.99 Å². The number of hydrogen-bond donors (Lipinski definition) is 1. The monoisotopic (exact) mass is 258 g/mol. The summed E-state index contributed by atoms with van der Waals surface area (Å²) in [5.41, 5.74) is 0.278. The molecule has 2 nitrogen and oxygen atoms in total. The third-order valence-corrected chi connectivity index (χ3v) is 6.15. The molecule has 2 rings (SSSR count). The number of aliphatic imine (C=N–C) groups is 1. The number of thioether (sulfide) groups is 2. The van der Waals surface area contributed by atoms with Crippen LogP contribution in [-0.2, 0) is 0 Å². The van der Waals surface area contributed by atoms with Crippen molar-refractivity contribution >= 4 is 28.7 Å². The van der Waals surface area contributed by atoms with Gasteiger partial charge in [-0.2, -0.15) is 11.8 Å². The number of hydrogen-bond acceptors (Lipinski definition) is 3. The van der Waals surface area contributed by atoms with Crippen LogP contribution in [0.4, 0.5) is 0 Å². The predicted molar refractivity (Wildman–Crippen MR) is 76.7 cm³/mol. The molecular formula is C12H22N2S2. The van der Waals surface area contributed by atoms with Gasteiger partial charge >= 0.3 is 0 Å². The van der Waals surface area contributed by atoms with Gasteiger partial charge in [-0.3, -0.25) is 4.99 Å². The van der Waals surface area contributed by atoms with Crippen LogP contribution >= 0.6 is 23.5 Å². The molecule has 1 saturated heterocycles. The van der Waals surface area contributed by atoms with Crippen molar-refractivity contribution in [2.75, 3.05) is 18.6 Å². The van der Waals surface area contributed by atoms with Crippen LogP contribution in [0.2, 0.25) is 0 Å². The van der Waals surface area contributed by atoms with E-state index in [1.165, 1.54) is 36.6 Å². The first-order valence-electron chi connectivity index (χ1n) is 6.12. The van der Waals surface area contributed by atoms with Crippen molar-refractivity contribution in [2.24, 2.45) is 4.99 Å². The van der Waals surface area contributed by atoms with Gasteiger partial charge in [-0.15, -0.1) is 0 Å². The lowest BCUT2D eigenvalue weighted by Gasteiger charge is -2.35. The van der Waals surface area contributed by atoms with Gasteiger partial charge in [-0.25, -0.2) is 0 Å². The second-order valence-corrected chi connectivity index (χ2v) is 7.50. The summed E-state index contributed by atoms with van der Waals surface area (Å²) in [6.07, 6.45) is 7.34. The Bertz CT molecular complexity index is 287. The van der Waals surface area contributed by atoms with E-state index in [0.29, 0.717) is 4.75 Å². The highest BCUT2D eigenvalue weighted by Gasteiger charge is 2.42. The third-order valence-electron chi connectivity index (χ3n) is 3.83. The predicted octanol–water partition coefficient (Wildman–Crippen LogP) is 3.13. The zero-order valence-corrected chi connectivity index (χ0v) is 12.1. The fraction of sp³-hybridized carbons (Fsp3) is 0.917. The maximum absolute atomic E-state index is 4.78. The SMILES string of the molecule is CCC1(C)CCSC(=NCC2(SC)CC2)N1. The molecule has 92 valence electrons. The fourth-order valence-electron chi connectivity index (χ4n) is 1.86. The summed E-state index contributed by atoms with van der Waals surface area (Å²) in [5.74, 6) is 1.21. The summed E-state index contributed by atoms with van der Waals surface area (Å²) >= 11 is 3.88. The average molecular weight is 258 g/mol. The van der Waals surface area contributed by atoms with Gasteiger partial charge in [-0.05, 0) is 38.9 Å². The number of nitrogens with one attached hydrogen (secondary N) is 1. The lowest BCUT2D eigenvalue weighted by molar-refractivity contribution is 0.390. The van der Waals surface area contributed by atoms with Crippen LogP contribution in [0.15, 0.2) is 4.99 Å². The van der Waals surface area contributed by atoms with Gasteiger partial charge in [-0.1, -0.05) is 18.7 Å². The van der Waals surface area contributed by atoms with Crippen LogP contribution in [0.3, 0.4) is 0 Å². The molecule has 1 unspecified atom stereocenters. The van der Waals surface area contributed by atoms with E-state index in [9.17, 15) is 0 Å². The Kier molecular flexibility index (Phi) is 3.79. The van der Waals surface area contributed by atoms with Crippen molar-refractivity contribution in [3.63, 3.8) is 0 Å². The molecule has 1 saturated carbocycles. The van der Waals surface area contributed by atoms with E-state index in [1.807, 2.05) is 23.5 Å². The highest BCUT2D eigenvalue weighted by molar-refractivity contribution is 8.13. The molecule has 0 radical (unpaired) electrons. The standard InChI is InChI=1S/C12H22N2S2/c1-4-11(2)7-8-16-10(14-11)13-9-12(15-3)5-6-12/h4-9H2,1-3H3,(H,13,14). The van der Waals surface area contributed by atoms with Gasteiger partial charge in [0.2, 0.25) is 0 Å². The largest absolute Gasteiger partial charge is 0.360 e. The van der Waals surface area contributed by atoms with Gasteiger partial charge < -0.3 is 5.32 Å². The van der Waals surface area contributed by atoms with E-state index in [1.54, 1.807) is 0 Å². The van der Waals surface area contributed by atoms with Crippen LogP contribution < -0.4 is 5.32 Å². The minimum Gasteiger partial charge on any atom is -0.360 e. The van der Waals surface area contributed by atoms with Crippen molar-refractivity contribution in [3.05, 3.63) is 0 Å². The van der Waals surface area contributed by atoms with Gasteiger partial charge in [0, 0.05) is 16.0 Å². The Labute approximate surface area is 107 Å². The molecule has 0 aromatic heterocycles. The summed E-state index contributed by atoms with van der Waals surface area (Å²) in [5, 5.41) is 4.78. The summed E-state index contributed by atoms with van der Waals surface area (Å²) in [7, 11) is 0. The minimum atomic E-state index is 0.278. The van der Waals surface area contributed by atoms with E-state index in [0.717, 1.165) is 6.54 Å². The lowest BCUT2D eigenvalue weighted by atomic mass is 9.96. The summed E-state index contributed by atoms with van der Waals surface area (Å²) in [4.78, 5) is 4.78. The maximum atomic E-state index is 4.78. The lowest BCUT2D eigenvalue weighted by Crippen LogP contribution is -2.48. The van der Waals surface area contributed by atoms with E-state index < -0.39 is 0 Å². The normalized spacial score (nSPS) is 34.8. The number of nitrogens with zero attached hydrogens (tertiary/aromatic N) is 1. The Morgan fingerprint density at radius 1 is 1.44 bits per heavy atom. The fourth-order valence-corrected chi connectivity index (χ4v) is 3.79. The van der Waals surface area contributed by atoms with E-state index in [-0.39, 0.29) is 5.54 Å². The Morgan fingerprint density at radius 3 is 2.75 bits per heavy atom. The molecule has 2 fully saturated rings. The first-order chi connectivity index (χ1) is 7.61. The zero-order chi connectivity index (χ0) is 11.6. The van der Waals surface area contributed by atoms with Crippen molar-refractivity contribution in [1.29, 1.82) is 0 Å². The smallest absolute Gasteiger partial charge is 0.157 e. The van der Waals surface area contributed by atoms with Gasteiger partial charge in [0.15, 0.2) is 5.17 Å². The Balaban J connectivity index is 1.91. The number of amidine groups is 1. The van der Waals surface area contributed by atoms with Crippen molar-refractivity contribution in [3.8, 4) is 0 Å². The molecule has 1 N–H and O–H groups in total. The average Bonchev–Trinajstić information content (AvgIpc) is 3.08. The molecule has 0 amide bonds. The highest BCUT2D eigenvalue weighted by Crippen LogP contribution is 2.47. The van der Waals surface area contributed by atoms with Crippen LogP contribution in [0.1, 0.15) is 39.5 Å². The number of rotatable bonds is 4. The molecule has 1 aliphatic heterocycles. The highest BCUT2D eigenvalue weighted by atomic mass is 32.2. The first-order valence-corrected chi connectivity index (χ1v) is 8.33. The molecule has 2 aliphatic rings. The van der Waals surface area contributed by atoms with Crippen molar-refractivity contribution in [2.45, 2.75) is 49.8 Å². The Morgan fingerprint density at radius 2 is 2.19 bits per heavy atom. The second-order valence-electron chi connectivity index (χ2n) is 5.15. The topological polar surface area (TPSA) is 24.4 Å². The van der Waals surface area contributed by atoms with Gasteiger partial charge in [0.25, 0.3) is 0 Å². The van der Waals surface area contributed by atoms with E-state index in [2.05, 4.69) is 25.4 Å². The molecule has 1 atom stereocenters. The van der Waals surface area contributed by atoms with Gasteiger partial charge in [0.1, 0.15) is 0 Å². The molecule has 1 heterocycles.